The van der Waals surface area contributed by atoms with Crippen LogP contribution in [0.25, 0.3) is 0 Å². The molecule has 2 amide bonds. The third-order valence-corrected chi connectivity index (χ3v) is 5.07. The quantitative estimate of drug-likeness (QED) is 0.327. The first kappa shape index (κ1) is 22.3. The molecule has 0 saturated carbocycles. The summed E-state index contributed by atoms with van der Waals surface area (Å²) in [4.78, 5) is 32.4. The number of benzene rings is 2. The summed E-state index contributed by atoms with van der Waals surface area (Å²) in [7, 11) is 0. The van der Waals surface area contributed by atoms with Crippen molar-refractivity contribution in [3.8, 4) is 11.5 Å². The first-order valence-corrected chi connectivity index (χ1v) is 10.5. The van der Waals surface area contributed by atoms with Gasteiger partial charge in [-0.25, -0.2) is 9.97 Å². The molecule has 0 fully saturated rings. The van der Waals surface area contributed by atoms with Crippen molar-refractivity contribution in [1.82, 2.24) is 9.97 Å². The summed E-state index contributed by atoms with van der Waals surface area (Å²) in [5.74, 6) is 0.441. The zero-order valence-electron chi connectivity index (χ0n) is 17.0. The van der Waals surface area contributed by atoms with E-state index in [2.05, 4.69) is 20.6 Å². The maximum absolute atomic E-state index is 12.3. The van der Waals surface area contributed by atoms with Gasteiger partial charge >= 0.3 is 0 Å². The Morgan fingerprint density at radius 1 is 0.636 bits per heavy atom. The monoisotopic (exact) mass is 478 g/mol. The van der Waals surface area contributed by atoms with E-state index >= 15 is 0 Å². The van der Waals surface area contributed by atoms with Gasteiger partial charge in [0.2, 0.25) is 0 Å². The second kappa shape index (κ2) is 10.1. The van der Waals surface area contributed by atoms with Crippen LogP contribution < -0.4 is 15.4 Å². The van der Waals surface area contributed by atoms with Crippen LogP contribution in [0.4, 0.5) is 11.4 Å². The summed E-state index contributed by atoms with van der Waals surface area (Å²) in [6, 6.07) is 20.2. The Hall–Kier alpha value is -3.94. The number of carbonyl (C=O) groups excluding carboxylic acids is 2. The van der Waals surface area contributed by atoms with Crippen molar-refractivity contribution in [2.75, 3.05) is 10.6 Å². The van der Waals surface area contributed by atoms with Gasteiger partial charge < -0.3 is 15.4 Å². The molecule has 4 aromatic rings. The average molecular weight is 479 g/mol. The molecule has 0 aliphatic carbocycles. The third-order valence-electron chi connectivity index (χ3n) is 4.47. The van der Waals surface area contributed by atoms with Crippen molar-refractivity contribution in [2.24, 2.45) is 0 Å². The van der Waals surface area contributed by atoms with E-state index in [9.17, 15) is 9.59 Å². The van der Waals surface area contributed by atoms with Crippen molar-refractivity contribution >= 4 is 46.4 Å². The second-order valence-electron chi connectivity index (χ2n) is 6.74. The molecule has 0 aliphatic rings. The van der Waals surface area contributed by atoms with Gasteiger partial charge in [0, 0.05) is 23.8 Å². The number of aromatic nitrogens is 2. The highest BCUT2D eigenvalue weighted by Crippen LogP contribution is 2.25. The summed E-state index contributed by atoms with van der Waals surface area (Å²) >= 11 is 11.9. The molecule has 2 aromatic heterocycles. The molecule has 0 atom stereocenters. The van der Waals surface area contributed by atoms with Crippen LogP contribution in [0.1, 0.15) is 20.7 Å². The number of carbonyl (C=O) groups is 2. The highest BCUT2D eigenvalue weighted by molar-refractivity contribution is 6.33. The van der Waals surface area contributed by atoms with Gasteiger partial charge in [-0.05, 0) is 72.8 Å². The molecule has 9 heteroatoms. The molecule has 33 heavy (non-hydrogen) atoms. The minimum Gasteiger partial charge on any atom is -0.457 e. The Bertz CT molecular complexity index is 1190. The Morgan fingerprint density at radius 2 is 1.03 bits per heavy atom. The van der Waals surface area contributed by atoms with Crippen molar-refractivity contribution in [1.29, 1.82) is 0 Å². The van der Waals surface area contributed by atoms with Crippen LogP contribution >= 0.6 is 23.2 Å². The van der Waals surface area contributed by atoms with E-state index in [1.54, 1.807) is 72.8 Å². The normalized spacial score (nSPS) is 10.4. The fraction of sp³-hybridized carbons (Fsp3) is 0. The lowest BCUT2D eigenvalue weighted by Crippen LogP contribution is -2.12. The Kier molecular flexibility index (Phi) is 6.83. The van der Waals surface area contributed by atoms with Crippen LogP contribution in [0.15, 0.2) is 85.2 Å². The van der Waals surface area contributed by atoms with Gasteiger partial charge in [0.05, 0.1) is 11.1 Å². The van der Waals surface area contributed by atoms with Crippen LogP contribution in [0.5, 0.6) is 11.5 Å². The Balaban J connectivity index is 1.35. The zero-order valence-corrected chi connectivity index (χ0v) is 18.5. The average Bonchev–Trinajstić information content (AvgIpc) is 2.82. The number of nitrogens with one attached hydrogen (secondary N) is 2. The van der Waals surface area contributed by atoms with E-state index in [1.807, 2.05) is 0 Å². The smallest absolute Gasteiger partial charge is 0.258 e. The zero-order chi connectivity index (χ0) is 23.2. The SMILES string of the molecule is O=C(Nc1ccc(Oc2ccc(NC(=O)c3cccnc3Cl)cc2)cc1)c1cccnc1Cl. The number of anilines is 2. The highest BCUT2D eigenvalue weighted by Gasteiger charge is 2.12. The molecule has 0 saturated heterocycles. The first-order chi connectivity index (χ1) is 16.0. The van der Waals surface area contributed by atoms with Crippen LogP contribution in [-0.2, 0) is 0 Å². The molecule has 0 bridgehead atoms. The van der Waals surface area contributed by atoms with Crippen LogP contribution in [-0.4, -0.2) is 21.8 Å². The van der Waals surface area contributed by atoms with Gasteiger partial charge in [-0.15, -0.1) is 0 Å². The van der Waals surface area contributed by atoms with Gasteiger partial charge in [0.15, 0.2) is 0 Å². The number of pyridine rings is 2. The fourth-order valence-electron chi connectivity index (χ4n) is 2.86. The third kappa shape index (κ3) is 5.65. The summed E-state index contributed by atoms with van der Waals surface area (Å²) in [6.45, 7) is 0. The summed E-state index contributed by atoms with van der Waals surface area (Å²) in [5, 5.41) is 5.79. The maximum Gasteiger partial charge on any atom is 0.258 e. The van der Waals surface area contributed by atoms with E-state index < -0.39 is 0 Å². The molecule has 2 N–H and O–H groups in total. The van der Waals surface area contributed by atoms with Crippen molar-refractivity contribution in [2.45, 2.75) is 0 Å². The fourth-order valence-corrected chi connectivity index (χ4v) is 3.27. The number of halogens is 2. The number of amides is 2. The summed E-state index contributed by atoms with van der Waals surface area (Å²) in [5.41, 5.74) is 1.74. The lowest BCUT2D eigenvalue weighted by Gasteiger charge is -2.10. The Morgan fingerprint density at radius 3 is 1.39 bits per heavy atom. The first-order valence-electron chi connectivity index (χ1n) is 9.71. The van der Waals surface area contributed by atoms with Gasteiger partial charge in [0.25, 0.3) is 11.8 Å². The summed E-state index contributed by atoms with van der Waals surface area (Å²) < 4.78 is 5.82. The van der Waals surface area contributed by atoms with Gasteiger partial charge in [0.1, 0.15) is 21.8 Å². The molecule has 0 spiro atoms. The van der Waals surface area contributed by atoms with Crippen LogP contribution in [0, 0.1) is 0 Å². The molecule has 0 unspecified atom stereocenters. The predicted octanol–water partition coefficient (Wildman–Crippen LogP) is 6.08. The minimum absolute atomic E-state index is 0.137. The standard InChI is InChI=1S/C24H16Cl2N4O3/c25-21-19(3-1-13-27-21)23(31)29-15-5-9-17(10-6-15)33-18-11-7-16(8-12-18)30-24(32)20-4-2-14-28-22(20)26/h1-14H,(H,29,31)(H,30,32). The largest absolute Gasteiger partial charge is 0.457 e. The molecular formula is C24H16Cl2N4O3. The van der Waals surface area contributed by atoms with Crippen LogP contribution in [0.2, 0.25) is 10.3 Å². The molecule has 4 rings (SSSR count). The number of hydrogen-bond donors (Lipinski definition) is 2. The van der Waals surface area contributed by atoms with E-state index in [-0.39, 0.29) is 33.2 Å². The Labute approximate surface area is 199 Å². The highest BCUT2D eigenvalue weighted by atomic mass is 35.5. The lowest BCUT2D eigenvalue weighted by molar-refractivity contribution is 0.101. The van der Waals surface area contributed by atoms with E-state index in [0.717, 1.165) is 0 Å². The number of rotatable bonds is 6. The maximum atomic E-state index is 12.3. The van der Waals surface area contributed by atoms with E-state index in [4.69, 9.17) is 27.9 Å². The van der Waals surface area contributed by atoms with Crippen LogP contribution in [0.3, 0.4) is 0 Å². The second-order valence-corrected chi connectivity index (χ2v) is 7.46. The molecule has 2 heterocycles. The predicted molar refractivity (Wildman–Crippen MR) is 127 cm³/mol. The number of hydrogen-bond acceptors (Lipinski definition) is 5. The van der Waals surface area contributed by atoms with Gasteiger partial charge in [-0.2, -0.15) is 0 Å². The summed E-state index contributed by atoms with van der Waals surface area (Å²) in [6.07, 6.45) is 3.03. The molecular weight excluding hydrogens is 463 g/mol. The molecule has 0 radical (unpaired) electrons. The molecule has 0 aliphatic heterocycles. The molecule has 2 aromatic carbocycles. The van der Waals surface area contributed by atoms with Crippen molar-refractivity contribution in [3.05, 3.63) is 107 Å². The molecule has 7 nitrogen and oxygen atoms in total. The molecule has 164 valence electrons. The lowest BCUT2D eigenvalue weighted by atomic mass is 10.2. The van der Waals surface area contributed by atoms with Gasteiger partial charge in [-0.1, -0.05) is 23.2 Å². The van der Waals surface area contributed by atoms with Crippen molar-refractivity contribution in [3.63, 3.8) is 0 Å². The number of nitrogens with zero attached hydrogens (tertiary/aromatic N) is 2. The van der Waals surface area contributed by atoms with E-state index in [1.165, 1.54) is 12.4 Å². The topological polar surface area (TPSA) is 93.2 Å². The van der Waals surface area contributed by atoms with E-state index in [0.29, 0.717) is 22.9 Å². The number of ether oxygens (including phenoxy) is 1. The van der Waals surface area contributed by atoms with Crippen molar-refractivity contribution < 1.29 is 14.3 Å². The van der Waals surface area contributed by atoms with Gasteiger partial charge in [-0.3, -0.25) is 9.59 Å². The minimum atomic E-state index is -0.355.